The molecule has 0 saturated carbocycles. The van der Waals surface area contributed by atoms with Crippen LogP contribution in [0.15, 0.2) is 53.1 Å². The Morgan fingerprint density at radius 2 is 1.91 bits per heavy atom. The van der Waals surface area contributed by atoms with E-state index in [2.05, 4.69) is 25.9 Å². The predicted molar refractivity (Wildman–Crippen MR) is 116 cm³/mol. The Hall–Kier alpha value is -2.93. The van der Waals surface area contributed by atoms with Crippen LogP contribution in [0.4, 0.5) is 23.2 Å². The summed E-state index contributed by atoms with van der Waals surface area (Å²) in [6.07, 6.45) is -3.82. The van der Waals surface area contributed by atoms with Crippen LogP contribution in [0, 0.1) is 5.82 Å². The summed E-state index contributed by atoms with van der Waals surface area (Å²) in [5, 5.41) is 0. The van der Waals surface area contributed by atoms with Gasteiger partial charge >= 0.3 is 6.18 Å². The highest BCUT2D eigenvalue weighted by Gasteiger charge is 2.35. The lowest BCUT2D eigenvalue weighted by Crippen LogP contribution is -2.28. The normalized spacial score (nSPS) is 11.8. The van der Waals surface area contributed by atoms with Gasteiger partial charge in [0, 0.05) is 22.3 Å². The smallest absolute Gasteiger partial charge is 0.404 e. The van der Waals surface area contributed by atoms with E-state index >= 15 is 0 Å². The van der Waals surface area contributed by atoms with Gasteiger partial charge in [0.1, 0.15) is 23.8 Å². The number of aromatic nitrogens is 2. The van der Waals surface area contributed by atoms with Crippen molar-refractivity contribution < 1.29 is 35.5 Å². The van der Waals surface area contributed by atoms with Crippen LogP contribution in [0.25, 0.3) is 11.3 Å². The third kappa shape index (κ3) is 7.02. The molecule has 13 heteroatoms. The summed E-state index contributed by atoms with van der Waals surface area (Å²) in [6.45, 7) is 0.140. The summed E-state index contributed by atoms with van der Waals surface area (Å²) in [4.78, 5) is 7.93. The Balaban J connectivity index is 1.89. The van der Waals surface area contributed by atoms with Crippen LogP contribution in [0.5, 0.6) is 11.8 Å². The summed E-state index contributed by atoms with van der Waals surface area (Å²) in [5.74, 6) is -3.12. The lowest BCUT2D eigenvalue weighted by molar-refractivity contribution is -0.106. The van der Waals surface area contributed by atoms with Crippen LogP contribution in [0.2, 0.25) is 0 Å². The summed E-state index contributed by atoms with van der Waals surface area (Å²) in [7, 11) is -3.67. The molecule has 1 aromatic carbocycles. The first-order valence-electron chi connectivity index (χ1n) is 9.11. The second kappa shape index (κ2) is 9.91. The number of halogens is 5. The van der Waals surface area contributed by atoms with Crippen molar-refractivity contribution in [1.82, 2.24) is 9.97 Å². The van der Waals surface area contributed by atoms with Crippen LogP contribution in [-0.2, 0) is 16.6 Å². The standard InChI is InChI=1S/C20H16BrF4N3O4S/c1-31-19-16(28-33(29,30)11-20(23,24)25)8-13(9-26-19)18-15(22)5-6-17(27-18)32-10-12-3-2-4-14(21)7-12/h2-9,28H,10-11H2,1H3. The number of hydrogen-bond acceptors (Lipinski definition) is 6. The van der Waals surface area contributed by atoms with Gasteiger partial charge in [-0.1, -0.05) is 28.1 Å². The van der Waals surface area contributed by atoms with E-state index in [0.29, 0.717) is 0 Å². The fraction of sp³-hybridized carbons (Fsp3) is 0.200. The Morgan fingerprint density at radius 3 is 2.58 bits per heavy atom. The summed E-state index contributed by atoms with van der Waals surface area (Å²) >= 11 is 3.35. The van der Waals surface area contributed by atoms with Gasteiger partial charge in [0.15, 0.2) is 5.75 Å². The van der Waals surface area contributed by atoms with Gasteiger partial charge < -0.3 is 9.47 Å². The van der Waals surface area contributed by atoms with E-state index in [9.17, 15) is 26.0 Å². The Morgan fingerprint density at radius 1 is 1.15 bits per heavy atom. The number of pyridine rings is 2. The van der Waals surface area contributed by atoms with Crippen molar-refractivity contribution in [3.8, 4) is 23.0 Å². The molecule has 0 unspecified atom stereocenters. The number of nitrogens with zero attached hydrogens (tertiary/aromatic N) is 2. The molecule has 0 saturated heterocycles. The Labute approximate surface area is 195 Å². The highest BCUT2D eigenvalue weighted by molar-refractivity contribution is 9.10. The molecule has 0 bridgehead atoms. The van der Waals surface area contributed by atoms with E-state index in [1.807, 2.05) is 24.3 Å². The van der Waals surface area contributed by atoms with Crippen LogP contribution >= 0.6 is 15.9 Å². The molecular weight excluding hydrogens is 534 g/mol. The molecule has 1 N–H and O–H groups in total. The average Bonchev–Trinajstić information content (AvgIpc) is 2.71. The third-order valence-electron chi connectivity index (χ3n) is 4.03. The molecule has 0 radical (unpaired) electrons. The largest absolute Gasteiger partial charge is 0.480 e. The van der Waals surface area contributed by atoms with Crippen molar-refractivity contribution in [2.45, 2.75) is 12.8 Å². The minimum Gasteiger partial charge on any atom is -0.480 e. The monoisotopic (exact) mass is 549 g/mol. The molecule has 0 aliphatic carbocycles. The van der Waals surface area contributed by atoms with Crippen LogP contribution < -0.4 is 14.2 Å². The maximum absolute atomic E-state index is 14.5. The Bertz CT molecular complexity index is 1260. The van der Waals surface area contributed by atoms with Gasteiger partial charge in [-0.2, -0.15) is 13.2 Å². The Kier molecular flexibility index (Phi) is 7.42. The van der Waals surface area contributed by atoms with Crippen LogP contribution in [0.1, 0.15) is 5.56 Å². The van der Waals surface area contributed by atoms with Gasteiger partial charge in [0.05, 0.1) is 7.11 Å². The number of ether oxygens (including phenoxy) is 2. The van der Waals surface area contributed by atoms with E-state index < -0.39 is 33.5 Å². The number of methoxy groups -OCH3 is 1. The maximum atomic E-state index is 14.5. The molecule has 0 amide bonds. The fourth-order valence-electron chi connectivity index (χ4n) is 2.73. The average molecular weight is 550 g/mol. The topological polar surface area (TPSA) is 90.4 Å². The zero-order valence-electron chi connectivity index (χ0n) is 16.9. The molecule has 2 aromatic heterocycles. The van der Waals surface area contributed by atoms with Gasteiger partial charge in [0.25, 0.3) is 0 Å². The molecule has 0 spiro atoms. The first-order valence-corrected chi connectivity index (χ1v) is 11.6. The van der Waals surface area contributed by atoms with Crippen molar-refractivity contribution in [3.05, 3.63) is 64.5 Å². The van der Waals surface area contributed by atoms with E-state index in [1.165, 1.54) is 6.07 Å². The van der Waals surface area contributed by atoms with Gasteiger partial charge in [-0.05, 0) is 29.8 Å². The molecule has 0 aliphatic heterocycles. The van der Waals surface area contributed by atoms with Crippen LogP contribution in [0.3, 0.4) is 0 Å². The number of anilines is 1. The summed E-state index contributed by atoms with van der Waals surface area (Å²) < 4.78 is 89.0. The fourth-order valence-corrected chi connectivity index (χ4v) is 4.16. The first kappa shape index (κ1) is 24.7. The molecule has 176 valence electrons. The van der Waals surface area contributed by atoms with Crippen molar-refractivity contribution in [2.75, 3.05) is 17.6 Å². The van der Waals surface area contributed by atoms with Crippen molar-refractivity contribution in [1.29, 1.82) is 0 Å². The second-order valence-electron chi connectivity index (χ2n) is 6.66. The van der Waals surface area contributed by atoms with Crippen molar-refractivity contribution in [2.24, 2.45) is 0 Å². The summed E-state index contributed by atoms with van der Waals surface area (Å²) in [5.41, 5.74) is 0.171. The lowest BCUT2D eigenvalue weighted by Gasteiger charge is -2.14. The van der Waals surface area contributed by atoms with E-state index in [0.717, 1.165) is 35.5 Å². The molecule has 0 fully saturated rings. The highest BCUT2D eigenvalue weighted by Crippen LogP contribution is 2.31. The molecule has 33 heavy (non-hydrogen) atoms. The highest BCUT2D eigenvalue weighted by atomic mass is 79.9. The number of sulfonamides is 1. The number of rotatable bonds is 8. The molecular formula is C20H16BrF4N3O4S. The second-order valence-corrected chi connectivity index (χ2v) is 9.29. The first-order chi connectivity index (χ1) is 15.5. The minimum atomic E-state index is -4.96. The predicted octanol–water partition coefficient (Wildman–Crippen LogP) is 4.94. The van der Waals surface area contributed by atoms with Crippen molar-refractivity contribution >= 4 is 31.6 Å². The van der Waals surface area contributed by atoms with Gasteiger partial charge in [0.2, 0.25) is 21.8 Å². The van der Waals surface area contributed by atoms with E-state index in [4.69, 9.17) is 9.47 Å². The van der Waals surface area contributed by atoms with Gasteiger partial charge in [-0.25, -0.2) is 22.8 Å². The third-order valence-corrected chi connectivity index (χ3v) is 5.76. The number of alkyl halides is 3. The zero-order chi connectivity index (χ0) is 24.2. The number of hydrogen-bond donors (Lipinski definition) is 1. The zero-order valence-corrected chi connectivity index (χ0v) is 19.3. The molecule has 3 aromatic rings. The number of benzene rings is 1. The van der Waals surface area contributed by atoms with Gasteiger partial charge in [-0.3, -0.25) is 4.72 Å². The summed E-state index contributed by atoms with van der Waals surface area (Å²) in [6, 6.07) is 10.8. The quantitative estimate of drug-likeness (QED) is 0.400. The number of nitrogens with one attached hydrogen (secondary N) is 1. The SMILES string of the molecule is COc1ncc(-c2nc(OCc3cccc(Br)c3)ccc2F)cc1NS(=O)(=O)CC(F)(F)F. The molecule has 2 heterocycles. The van der Waals surface area contributed by atoms with Crippen molar-refractivity contribution in [3.63, 3.8) is 0 Å². The maximum Gasteiger partial charge on any atom is 0.404 e. The van der Waals surface area contributed by atoms with E-state index in [1.54, 1.807) is 4.72 Å². The minimum absolute atomic E-state index is 0.00841. The van der Waals surface area contributed by atoms with E-state index in [-0.39, 0.29) is 29.6 Å². The molecule has 0 atom stereocenters. The molecule has 3 rings (SSSR count). The lowest BCUT2D eigenvalue weighted by atomic mass is 10.1. The van der Waals surface area contributed by atoms with Crippen LogP contribution in [-0.4, -0.2) is 37.4 Å². The molecule has 7 nitrogen and oxygen atoms in total. The van der Waals surface area contributed by atoms with Gasteiger partial charge in [-0.15, -0.1) is 0 Å². The molecule has 0 aliphatic rings.